The number of nitrogens with one attached hydrogen (secondary N) is 1. The zero-order chi connectivity index (χ0) is 9.68. The Morgan fingerprint density at radius 3 is 2.85 bits per heavy atom. The highest BCUT2D eigenvalue weighted by molar-refractivity contribution is 5.92. The van der Waals surface area contributed by atoms with E-state index in [1.807, 2.05) is 31.2 Å². The van der Waals surface area contributed by atoms with Crippen molar-refractivity contribution in [1.29, 1.82) is 0 Å². The number of carbonyl (C=O) groups excluding carboxylic acids is 1. The summed E-state index contributed by atoms with van der Waals surface area (Å²) in [5.74, 6) is 0.0225. The van der Waals surface area contributed by atoms with Crippen molar-refractivity contribution in [3.63, 3.8) is 0 Å². The van der Waals surface area contributed by atoms with Gasteiger partial charge in [0.2, 0.25) is 5.91 Å². The van der Waals surface area contributed by atoms with Gasteiger partial charge >= 0.3 is 0 Å². The van der Waals surface area contributed by atoms with Crippen molar-refractivity contribution in [1.82, 2.24) is 0 Å². The molecule has 2 nitrogen and oxygen atoms in total. The van der Waals surface area contributed by atoms with Crippen molar-refractivity contribution < 1.29 is 4.79 Å². The summed E-state index contributed by atoms with van der Waals surface area (Å²) in [5, 5.41) is 2.80. The Kier molecular flexibility index (Phi) is 3.26. The van der Waals surface area contributed by atoms with Gasteiger partial charge < -0.3 is 5.32 Å². The van der Waals surface area contributed by atoms with E-state index in [0.29, 0.717) is 6.42 Å². The second-order valence-electron chi connectivity index (χ2n) is 2.69. The number of carbonyl (C=O) groups is 1. The molecule has 0 fully saturated rings. The first-order valence-corrected chi connectivity index (χ1v) is 4.29. The van der Waals surface area contributed by atoms with Crippen LogP contribution in [0.5, 0.6) is 0 Å². The molecule has 0 saturated heterocycles. The minimum Gasteiger partial charge on any atom is -0.326 e. The highest BCUT2D eigenvalue weighted by atomic mass is 16.1. The highest BCUT2D eigenvalue weighted by Crippen LogP contribution is 2.15. The maximum absolute atomic E-state index is 11.1. The van der Waals surface area contributed by atoms with Crippen molar-refractivity contribution in [2.24, 2.45) is 0 Å². The molecule has 68 valence electrons. The van der Waals surface area contributed by atoms with Gasteiger partial charge in [-0.2, -0.15) is 0 Å². The number of amides is 1. The average Bonchev–Trinajstić information content (AvgIpc) is 2.18. The standard InChI is InChI=1S/C11H13NO/c1-3-9-7-5-6-8-10(9)12-11(13)4-2/h3,5-8H,1,4H2,2H3,(H,12,13). The van der Waals surface area contributed by atoms with Gasteiger partial charge in [-0.3, -0.25) is 4.79 Å². The van der Waals surface area contributed by atoms with Crippen LogP contribution < -0.4 is 5.32 Å². The fraction of sp³-hybridized carbons (Fsp3) is 0.182. The van der Waals surface area contributed by atoms with Gasteiger partial charge in [-0.05, 0) is 11.6 Å². The summed E-state index contributed by atoms with van der Waals surface area (Å²) in [5.41, 5.74) is 1.77. The number of anilines is 1. The van der Waals surface area contributed by atoms with Gasteiger partial charge in [0.15, 0.2) is 0 Å². The lowest BCUT2D eigenvalue weighted by Gasteiger charge is -2.06. The minimum absolute atomic E-state index is 0.0225. The molecule has 0 atom stereocenters. The Labute approximate surface area is 78.3 Å². The summed E-state index contributed by atoms with van der Waals surface area (Å²) in [6, 6.07) is 7.58. The van der Waals surface area contributed by atoms with Crippen LogP contribution in [0.3, 0.4) is 0 Å². The van der Waals surface area contributed by atoms with Crippen LogP contribution in [-0.4, -0.2) is 5.91 Å². The van der Waals surface area contributed by atoms with E-state index in [-0.39, 0.29) is 5.91 Å². The van der Waals surface area contributed by atoms with Crippen LogP contribution >= 0.6 is 0 Å². The summed E-state index contributed by atoms with van der Waals surface area (Å²) in [6.45, 7) is 5.50. The van der Waals surface area contributed by atoms with E-state index in [4.69, 9.17) is 0 Å². The van der Waals surface area contributed by atoms with Gasteiger partial charge in [-0.15, -0.1) is 0 Å². The van der Waals surface area contributed by atoms with E-state index in [0.717, 1.165) is 11.3 Å². The molecule has 0 aromatic heterocycles. The maximum atomic E-state index is 11.1. The molecule has 0 aliphatic rings. The predicted molar refractivity (Wildman–Crippen MR) is 55.5 cm³/mol. The minimum atomic E-state index is 0.0225. The largest absolute Gasteiger partial charge is 0.326 e. The van der Waals surface area contributed by atoms with Crippen molar-refractivity contribution in [3.8, 4) is 0 Å². The molecule has 0 saturated carbocycles. The first-order valence-electron chi connectivity index (χ1n) is 4.29. The lowest BCUT2D eigenvalue weighted by Crippen LogP contribution is -2.10. The molecule has 1 N–H and O–H groups in total. The molecule has 1 rings (SSSR count). The Morgan fingerprint density at radius 2 is 2.23 bits per heavy atom. The van der Waals surface area contributed by atoms with E-state index in [2.05, 4.69) is 11.9 Å². The lowest BCUT2D eigenvalue weighted by atomic mass is 10.2. The number of hydrogen-bond acceptors (Lipinski definition) is 1. The monoisotopic (exact) mass is 175 g/mol. The molecule has 0 radical (unpaired) electrons. The second kappa shape index (κ2) is 4.45. The number of para-hydroxylation sites is 1. The molecule has 0 bridgehead atoms. The summed E-state index contributed by atoms with van der Waals surface area (Å²) in [6.07, 6.45) is 2.22. The van der Waals surface area contributed by atoms with Gasteiger partial charge in [-0.25, -0.2) is 0 Å². The normalized spacial score (nSPS) is 9.31. The summed E-state index contributed by atoms with van der Waals surface area (Å²) in [7, 11) is 0. The third-order valence-electron chi connectivity index (χ3n) is 1.78. The van der Waals surface area contributed by atoms with Gasteiger partial charge in [0.05, 0.1) is 0 Å². The molecule has 0 aliphatic carbocycles. The third kappa shape index (κ3) is 2.44. The van der Waals surface area contributed by atoms with Crippen LogP contribution in [0.1, 0.15) is 18.9 Å². The Balaban J connectivity index is 2.87. The van der Waals surface area contributed by atoms with Crippen molar-refractivity contribution in [3.05, 3.63) is 36.4 Å². The quantitative estimate of drug-likeness (QED) is 0.751. The van der Waals surface area contributed by atoms with Gasteiger partial charge in [-0.1, -0.05) is 37.8 Å². The zero-order valence-electron chi connectivity index (χ0n) is 7.71. The van der Waals surface area contributed by atoms with Gasteiger partial charge in [0.25, 0.3) is 0 Å². The first-order chi connectivity index (χ1) is 6.27. The van der Waals surface area contributed by atoms with Crippen LogP contribution in [-0.2, 0) is 4.79 Å². The molecule has 13 heavy (non-hydrogen) atoms. The lowest BCUT2D eigenvalue weighted by molar-refractivity contribution is -0.115. The zero-order valence-corrected chi connectivity index (χ0v) is 7.71. The summed E-state index contributed by atoms with van der Waals surface area (Å²) in [4.78, 5) is 11.1. The smallest absolute Gasteiger partial charge is 0.224 e. The molecule has 0 unspecified atom stereocenters. The maximum Gasteiger partial charge on any atom is 0.224 e. The van der Waals surface area contributed by atoms with Crippen molar-refractivity contribution >= 4 is 17.7 Å². The van der Waals surface area contributed by atoms with E-state index < -0.39 is 0 Å². The predicted octanol–water partition coefficient (Wildman–Crippen LogP) is 2.68. The van der Waals surface area contributed by atoms with E-state index in [9.17, 15) is 4.79 Å². The van der Waals surface area contributed by atoms with E-state index in [1.165, 1.54) is 0 Å². The number of hydrogen-bond donors (Lipinski definition) is 1. The molecule has 2 heteroatoms. The van der Waals surface area contributed by atoms with Gasteiger partial charge in [0.1, 0.15) is 0 Å². The molecular formula is C11H13NO. The molecular weight excluding hydrogens is 162 g/mol. The molecule has 0 aliphatic heterocycles. The van der Waals surface area contributed by atoms with Crippen LogP contribution in [0.15, 0.2) is 30.8 Å². The molecule has 0 heterocycles. The van der Waals surface area contributed by atoms with Crippen molar-refractivity contribution in [2.75, 3.05) is 5.32 Å². The second-order valence-corrected chi connectivity index (χ2v) is 2.69. The fourth-order valence-corrected chi connectivity index (χ4v) is 1.03. The van der Waals surface area contributed by atoms with Gasteiger partial charge in [0, 0.05) is 12.1 Å². The third-order valence-corrected chi connectivity index (χ3v) is 1.78. The summed E-state index contributed by atoms with van der Waals surface area (Å²) < 4.78 is 0. The SMILES string of the molecule is C=Cc1ccccc1NC(=O)CC. The summed E-state index contributed by atoms with van der Waals surface area (Å²) >= 11 is 0. The fourth-order valence-electron chi connectivity index (χ4n) is 1.03. The topological polar surface area (TPSA) is 29.1 Å². The Hall–Kier alpha value is -1.57. The molecule has 0 spiro atoms. The molecule has 1 amide bonds. The van der Waals surface area contributed by atoms with Crippen molar-refractivity contribution in [2.45, 2.75) is 13.3 Å². The van der Waals surface area contributed by atoms with E-state index in [1.54, 1.807) is 6.08 Å². The van der Waals surface area contributed by atoms with E-state index >= 15 is 0 Å². The van der Waals surface area contributed by atoms with Crippen LogP contribution in [0.2, 0.25) is 0 Å². The van der Waals surface area contributed by atoms with Crippen LogP contribution in [0, 0.1) is 0 Å². The Morgan fingerprint density at radius 1 is 1.54 bits per heavy atom. The number of benzene rings is 1. The van der Waals surface area contributed by atoms with Crippen LogP contribution in [0.25, 0.3) is 6.08 Å². The first kappa shape index (κ1) is 9.52. The number of rotatable bonds is 3. The average molecular weight is 175 g/mol. The molecule has 1 aromatic rings. The molecule has 1 aromatic carbocycles. The van der Waals surface area contributed by atoms with Crippen LogP contribution in [0.4, 0.5) is 5.69 Å². The Bertz CT molecular complexity index is 318. The highest BCUT2D eigenvalue weighted by Gasteiger charge is 2.00.